The Kier molecular flexibility index (Phi) is 18.3. The van der Waals surface area contributed by atoms with Crippen molar-refractivity contribution in [2.75, 3.05) is 13.1 Å². The molecule has 214 valence electrons. The average molecular weight is 637 g/mol. The van der Waals surface area contributed by atoms with Crippen molar-refractivity contribution in [1.29, 1.82) is 0 Å². The van der Waals surface area contributed by atoms with Crippen LogP contribution in [0.15, 0.2) is 72.8 Å². The normalized spacial score (nSPS) is 9.00. The Hall–Kier alpha value is -3.90. The maximum Gasteiger partial charge on any atom is 2.00 e. The summed E-state index contributed by atoms with van der Waals surface area (Å²) < 4.78 is 1.68. The van der Waals surface area contributed by atoms with Crippen LogP contribution in [0.1, 0.15) is 21.0 Å². The largest absolute Gasteiger partial charge is 2.00 e. The monoisotopic (exact) mass is 635 g/mol. The number of para-hydroxylation sites is 2. The average Bonchev–Trinajstić information content (AvgIpc) is 2.89. The van der Waals surface area contributed by atoms with Crippen molar-refractivity contribution in [2.24, 2.45) is 7.05 Å². The summed E-state index contributed by atoms with van der Waals surface area (Å²) in [5.41, 5.74) is 14.1. The molecule has 4 rings (SSSR count). The van der Waals surface area contributed by atoms with Crippen LogP contribution >= 0.6 is 0 Å². The summed E-state index contributed by atoms with van der Waals surface area (Å²) >= 11 is 0. The van der Waals surface area contributed by atoms with Crippen molar-refractivity contribution < 1.29 is 78.3 Å². The van der Waals surface area contributed by atoms with E-state index in [1.807, 2.05) is 48.5 Å². The fourth-order valence-electron chi connectivity index (χ4n) is 2.74. The molecular formula is C25H25Cu2N4O8+. The van der Waals surface area contributed by atoms with Crippen LogP contribution in [0.25, 0.3) is 33.3 Å². The zero-order chi connectivity index (χ0) is 28.0. The number of nitrogens with zero attached hydrogens (tertiary/aromatic N) is 2. The fraction of sp³-hybridized carbons (Fsp3) is 0.120. The van der Waals surface area contributed by atoms with Gasteiger partial charge in [0, 0.05) is 40.0 Å². The summed E-state index contributed by atoms with van der Waals surface area (Å²) in [5.74, 6) is -4.06. The molecule has 6 N–H and O–H groups in total. The Labute approximate surface area is 244 Å². The topological polar surface area (TPSA) is 214 Å². The zero-order valence-corrected chi connectivity index (χ0v) is 22.1. The van der Waals surface area contributed by atoms with E-state index in [0.717, 1.165) is 16.3 Å². The van der Waals surface area contributed by atoms with E-state index in [9.17, 15) is 19.2 Å². The van der Waals surface area contributed by atoms with E-state index in [2.05, 4.69) is 4.98 Å². The quantitative estimate of drug-likeness (QED) is 0.190. The van der Waals surface area contributed by atoms with Crippen molar-refractivity contribution in [3.8, 4) is 0 Å². The molecule has 0 fully saturated rings. The number of nitrogens with one attached hydrogen (secondary N) is 2. The van der Waals surface area contributed by atoms with Crippen LogP contribution < -0.4 is 4.57 Å². The third-order valence-corrected chi connectivity index (χ3v) is 4.42. The van der Waals surface area contributed by atoms with Crippen molar-refractivity contribution in [3.05, 3.63) is 95.7 Å². The molecule has 0 saturated heterocycles. The van der Waals surface area contributed by atoms with Gasteiger partial charge in [0.1, 0.15) is 12.7 Å². The van der Waals surface area contributed by atoms with Gasteiger partial charge in [-0.1, -0.05) is 49.5 Å². The summed E-state index contributed by atoms with van der Waals surface area (Å²) in [6, 6.07) is 21.8. The van der Waals surface area contributed by atoms with Crippen molar-refractivity contribution >= 4 is 45.7 Å². The van der Waals surface area contributed by atoms with Gasteiger partial charge in [-0.05, 0) is 24.3 Å². The summed E-state index contributed by atoms with van der Waals surface area (Å²) in [7, 11) is 1.76. The Balaban J connectivity index is 0. The number of aromatic nitrogens is 2. The molecule has 12 nitrogen and oxygen atoms in total. The van der Waals surface area contributed by atoms with Gasteiger partial charge in [-0.2, -0.15) is 4.57 Å². The molecule has 0 unspecified atom stereocenters. The molecule has 39 heavy (non-hydrogen) atoms. The number of aromatic carboxylic acids is 2. The van der Waals surface area contributed by atoms with Gasteiger partial charge in [-0.25, -0.2) is 14.6 Å². The number of hydrogen-bond acceptors (Lipinski definition) is 5. The Morgan fingerprint density at radius 3 is 1.67 bits per heavy atom. The molecule has 2 aromatic carbocycles. The van der Waals surface area contributed by atoms with Gasteiger partial charge in [0.15, 0.2) is 0 Å². The molecule has 0 amide bonds. The minimum atomic E-state index is -1.08. The molecule has 0 aliphatic carbocycles. The summed E-state index contributed by atoms with van der Waals surface area (Å²) in [5, 5.41) is 34.6. The number of pyridine rings is 2. The van der Waals surface area contributed by atoms with Gasteiger partial charge in [-0.15, -0.1) is 0 Å². The molecule has 2 heterocycles. The second-order valence-electron chi connectivity index (χ2n) is 6.98. The zero-order valence-electron chi connectivity index (χ0n) is 20.3. The smallest absolute Gasteiger partial charge is 0.668 e. The van der Waals surface area contributed by atoms with Crippen LogP contribution in [-0.4, -0.2) is 62.4 Å². The fourth-order valence-corrected chi connectivity index (χ4v) is 2.74. The number of carboxylic acid groups (broad SMARTS) is 4. The van der Waals surface area contributed by atoms with Gasteiger partial charge >= 0.3 is 29.0 Å². The number of carboxylic acids is 4. The first-order valence-corrected chi connectivity index (χ1v) is 10.4. The van der Waals surface area contributed by atoms with E-state index in [0.29, 0.717) is 11.2 Å². The summed E-state index contributed by atoms with van der Waals surface area (Å²) in [4.78, 5) is 43.8. The Bertz CT molecular complexity index is 1390. The van der Waals surface area contributed by atoms with Crippen LogP contribution in [0.4, 0.5) is 0 Å². The molecule has 14 heteroatoms. The number of aliphatic carboxylic acids is 2. The first kappa shape index (κ1) is 37.3. The maximum absolute atomic E-state index is 10.8. The van der Waals surface area contributed by atoms with E-state index < -0.39 is 37.0 Å². The van der Waals surface area contributed by atoms with E-state index in [-0.39, 0.29) is 39.8 Å². The van der Waals surface area contributed by atoms with Crippen molar-refractivity contribution in [1.82, 2.24) is 4.98 Å². The first-order valence-electron chi connectivity index (χ1n) is 10.4. The molecule has 2 aromatic heterocycles. The van der Waals surface area contributed by atoms with Crippen molar-refractivity contribution in [3.63, 3.8) is 0 Å². The molecule has 0 aliphatic rings. The SMILES string of the molecule is C[n+]1c(C(=O)O)ccc2ccccc21.O=C(O)c1ccc2ccccc2n1.[Cu+2].[Cu].[NH-]CC(=O)O.[NH-]CC(=O)O. The van der Waals surface area contributed by atoms with E-state index >= 15 is 0 Å². The van der Waals surface area contributed by atoms with Gasteiger partial charge in [-0.3, -0.25) is 9.59 Å². The number of fused-ring (bicyclic) bond motifs is 2. The third kappa shape index (κ3) is 12.9. The minimum absolute atomic E-state index is 0. The second kappa shape index (κ2) is 19.2. The number of aryl methyl sites for hydroxylation is 1. The number of benzene rings is 2. The molecule has 0 aliphatic heterocycles. The first-order chi connectivity index (χ1) is 17.5. The Morgan fingerprint density at radius 1 is 0.718 bits per heavy atom. The van der Waals surface area contributed by atoms with Crippen LogP contribution in [0.3, 0.4) is 0 Å². The van der Waals surface area contributed by atoms with Crippen LogP contribution in [-0.2, 0) is 50.8 Å². The predicted octanol–water partition coefficient (Wildman–Crippen LogP) is 3.54. The molecule has 0 saturated carbocycles. The molecule has 0 spiro atoms. The number of hydrogen-bond donors (Lipinski definition) is 4. The van der Waals surface area contributed by atoms with Crippen molar-refractivity contribution in [2.45, 2.75) is 0 Å². The molecular weight excluding hydrogens is 611 g/mol. The summed E-state index contributed by atoms with van der Waals surface area (Å²) in [6.45, 7) is -1.06. The van der Waals surface area contributed by atoms with Gasteiger partial charge in [0.25, 0.3) is 17.6 Å². The van der Waals surface area contributed by atoms with Gasteiger partial charge in [0.05, 0.1) is 5.52 Å². The van der Waals surface area contributed by atoms with Gasteiger partial charge < -0.3 is 31.9 Å². The standard InChI is InChI=1S/C11H9NO2.C10H7NO2.2C2H4NO2.2Cu/c1-12-9-5-3-2-4-8(9)6-7-10(12)11(13)14;12-10(13)9-6-5-7-3-1-2-4-8(7)11-9;2*3-1-2(4)5;;/h2-7H,1H3;1-6H,(H,12,13);2*3H,1H2,(H,4,5);;/q;;2*-1;;+2/p+1. The van der Waals surface area contributed by atoms with E-state index in [1.165, 1.54) is 6.07 Å². The van der Waals surface area contributed by atoms with Crippen LogP contribution in [0, 0.1) is 0 Å². The second-order valence-corrected chi connectivity index (χ2v) is 6.98. The molecule has 0 atom stereocenters. The minimum Gasteiger partial charge on any atom is -0.668 e. The van der Waals surface area contributed by atoms with Gasteiger partial charge in [0.2, 0.25) is 5.52 Å². The third-order valence-electron chi connectivity index (χ3n) is 4.42. The maximum atomic E-state index is 10.8. The molecule has 4 aromatic rings. The van der Waals surface area contributed by atoms with E-state index in [1.54, 1.807) is 29.8 Å². The van der Waals surface area contributed by atoms with Crippen LogP contribution in [0.5, 0.6) is 0 Å². The summed E-state index contributed by atoms with van der Waals surface area (Å²) in [6.07, 6.45) is 0. The molecule has 0 bridgehead atoms. The number of carbonyl (C=O) groups is 4. The number of rotatable bonds is 4. The van der Waals surface area contributed by atoms with E-state index in [4.69, 9.17) is 31.9 Å². The van der Waals surface area contributed by atoms with Crippen LogP contribution in [0.2, 0.25) is 0 Å². The molecule has 2 radical (unpaired) electrons. The Morgan fingerprint density at radius 2 is 1.18 bits per heavy atom. The predicted molar refractivity (Wildman–Crippen MR) is 134 cm³/mol.